The second-order valence-electron chi connectivity index (χ2n) is 7.17. The van der Waals surface area contributed by atoms with Crippen LogP contribution < -0.4 is 15.6 Å². The van der Waals surface area contributed by atoms with E-state index in [1.165, 1.54) is 0 Å². The highest BCUT2D eigenvalue weighted by atomic mass is 16.5. The minimum absolute atomic E-state index is 0.258. The molecule has 6 nitrogen and oxygen atoms in total. The van der Waals surface area contributed by atoms with Gasteiger partial charge in [-0.15, -0.1) is 0 Å². The molecule has 4 aromatic rings. The molecule has 0 aliphatic heterocycles. The number of ether oxygens (including phenoxy) is 1. The summed E-state index contributed by atoms with van der Waals surface area (Å²) in [5, 5.41) is 3.24. The van der Waals surface area contributed by atoms with Crippen molar-refractivity contribution < 1.29 is 14.3 Å². The average molecular weight is 401 g/mol. The highest BCUT2D eigenvalue weighted by Crippen LogP contribution is 2.21. The van der Waals surface area contributed by atoms with Crippen molar-refractivity contribution in [2.24, 2.45) is 0 Å². The van der Waals surface area contributed by atoms with Crippen LogP contribution in [0, 0.1) is 0 Å². The van der Waals surface area contributed by atoms with Gasteiger partial charge in [-0.05, 0) is 47.9 Å². The van der Waals surface area contributed by atoms with Gasteiger partial charge in [0.1, 0.15) is 5.75 Å². The standard InChI is InChI=1S/C24H23N3O3/c1-16(30-20-12-10-17-6-2-3-7-18(17)14-20)24(29)27-26-23(28)13-11-19-15-25-22-9-5-4-8-21(19)22/h2-10,12,14-16,25H,11,13H2,1H3,(H,26,28)(H,27,29)/t16-/m1/s1. The number of para-hydroxylation sites is 1. The van der Waals surface area contributed by atoms with Crippen molar-refractivity contribution >= 4 is 33.5 Å². The van der Waals surface area contributed by atoms with Gasteiger partial charge in [0.05, 0.1) is 0 Å². The molecule has 1 aromatic heterocycles. The van der Waals surface area contributed by atoms with Gasteiger partial charge in [0, 0.05) is 23.5 Å². The van der Waals surface area contributed by atoms with Gasteiger partial charge in [-0.1, -0.05) is 48.5 Å². The third-order valence-electron chi connectivity index (χ3n) is 5.02. The molecule has 3 N–H and O–H groups in total. The molecule has 0 radical (unpaired) electrons. The van der Waals surface area contributed by atoms with Crippen LogP contribution in [0.15, 0.2) is 72.9 Å². The molecule has 4 rings (SSSR count). The molecule has 30 heavy (non-hydrogen) atoms. The lowest BCUT2D eigenvalue weighted by molar-refractivity contribution is -0.132. The largest absolute Gasteiger partial charge is 0.481 e. The molecule has 0 spiro atoms. The van der Waals surface area contributed by atoms with Crippen LogP contribution in [0.4, 0.5) is 0 Å². The molecule has 0 fully saturated rings. The number of aromatic nitrogens is 1. The number of hydrogen-bond acceptors (Lipinski definition) is 3. The summed E-state index contributed by atoms with van der Waals surface area (Å²) in [5.41, 5.74) is 7.01. The lowest BCUT2D eigenvalue weighted by atomic mass is 10.1. The van der Waals surface area contributed by atoms with Crippen molar-refractivity contribution in [2.75, 3.05) is 0 Å². The number of rotatable bonds is 6. The van der Waals surface area contributed by atoms with E-state index in [4.69, 9.17) is 4.74 Å². The number of benzene rings is 3. The summed E-state index contributed by atoms with van der Waals surface area (Å²) in [6.07, 6.45) is 2.01. The molecule has 1 atom stereocenters. The van der Waals surface area contributed by atoms with Gasteiger partial charge in [-0.25, -0.2) is 0 Å². The van der Waals surface area contributed by atoms with Crippen LogP contribution in [0.2, 0.25) is 0 Å². The van der Waals surface area contributed by atoms with E-state index in [0.29, 0.717) is 12.2 Å². The molecule has 3 aromatic carbocycles. The molecule has 1 heterocycles. The maximum absolute atomic E-state index is 12.3. The fourth-order valence-electron chi connectivity index (χ4n) is 3.38. The van der Waals surface area contributed by atoms with E-state index in [1.807, 2.05) is 72.9 Å². The Morgan fingerprint density at radius 3 is 2.60 bits per heavy atom. The van der Waals surface area contributed by atoms with Crippen molar-refractivity contribution in [1.29, 1.82) is 0 Å². The van der Waals surface area contributed by atoms with Crippen LogP contribution >= 0.6 is 0 Å². The lowest BCUT2D eigenvalue weighted by Crippen LogP contribution is -2.47. The molecular formula is C24H23N3O3. The van der Waals surface area contributed by atoms with E-state index in [1.54, 1.807) is 6.92 Å². The Bertz CT molecular complexity index is 1200. The molecule has 0 aliphatic rings. The number of fused-ring (bicyclic) bond motifs is 2. The Hall–Kier alpha value is -3.80. The highest BCUT2D eigenvalue weighted by molar-refractivity contribution is 5.87. The summed E-state index contributed by atoms with van der Waals surface area (Å²) in [4.78, 5) is 27.6. The zero-order valence-electron chi connectivity index (χ0n) is 16.6. The molecule has 2 amide bonds. The summed E-state index contributed by atoms with van der Waals surface area (Å²) in [6, 6.07) is 21.5. The van der Waals surface area contributed by atoms with Gasteiger partial charge < -0.3 is 9.72 Å². The maximum Gasteiger partial charge on any atom is 0.279 e. The molecular weight excluding hydrogens is 378 g/mol. The second-order valence-corrected chi connectivity index (χ2v) is 7.17. The minimum atomic E-state index is -0.750. The van der Waals surface area contributed by atoms with Crippen molar-refractivity contribution in [2.45, 2.75) is 25.9 Å². The Kier molecular flexibility index (Phi) is 5.66. The summed E-state index contributed by atoms with van der Waals surface area (Å²) in [5.74, 6) is -0.0721. The normalized spacial score (nSPS) is 11.9. The van der Waals surface area contributed by atoms with Gasteiger partial charge in [0.25, 0.3) is 5.91 Å². The number of hydrogen-bond donors (Lipinski definition) is 3. The number of amides is 2. The molecule has 6 heteroatoms. The minimum Gasteiger partial charge on any atom is -0.481 e. The average Bonchev–Trinajstić information content (AvgIpc) is 3.19. The Balaban J connectivity index is 1.26. The lowest BCUT2D eigenvalue weighted by Gasteiger charge is -2.15. The van der Waals surface area contributed by atoms with Crippen molar-refractivity contribution in [3.05, 3.63) is 78.5 Å². The molecule has 0 bridgehead atoms. The fourth-order valence-corrected chi connectivity index (χ4v) is 3.38. The Morgan fingerprint density at radius 2 is 1.73 bits per heavy atom. The zero-order valence-corrected chi connectivity index (χ0v) is 16.6. The van der Waals surface area contributed by atoms with E-state index in [9.17, 15) is 9.59 Å². The van der Waals surface area contributed by atoms with E-state index in [0.717, 1.165) is 27.2 Å². The Labute approximate surface area is 174 Å². The van der Waals surface area contributed by atoms with Crippen LogP contribution in [-0.4, -0.2) is 22.9 Å². The van der Waals surface area contributed by atoms with E-state index in [2.05, 4.69) is 15.8 Å². The van der Waals surface area contributed by atoms with Crippen LogP contribution in [0.5, 0.6) is 5.75 Å². The smallest absolute Gasteiger partial charge is 0.279 e. The quantitative estimate of drug-likeness (QED) is 0.429. The van der Waals surface area contributed by atoms with Crippen LogP contribution in [0.3, 0.4) is 0 Å². The van der Waals surface area contributed by atoms with Gasteiger partial charge in [0.15, 0.2) is 6.10 Å². The third kappa shape index (κ3) is 4.43. The maximum atomic E-state index is 12.3. The SMILES string of the molecule is C[C@@H](Oc1ccc2ccccc2c1)C(=O)NNC(=O)CCc1c[nH]c2ccccc12. The number of carbonyl (C=O) groups is 2. The number of carbonyl (C=O) groups excluding carboxylic acids is 2. The summed E-state index contributed by atoms with van der Waals surface area (Å²) >= 11 is 0. The van der Waals surface area contributed by atoms with Crippen molar-refractivity contribution in [3.63, 3.8) is 0 Å². The Morgan fingerprint density at radius 1 is 0.967 bits per heavy atom. The van der Waals surface area contributed by atoms with E-state index in [-0.39, 0.29) is 12.3 Å². The summed E-state index contributed by atoms with van der Waals surface area (Å²) < 4.78 is 5.72. The molecule has 0 unspecified atom stereocenters. The number of aryl methyl sites for hydroxylation is 1. The number of nitrogens with one attached hydrogen (secondary N) is 3. The second kappa shape index (κ2) is 8.69. The predicted molar refractivity (Wildman–Crippen MR) is 117 cm³/mol. The monoisotopic (exact) mass is 401 g/mol. The molecule has 0 saturated carbocycles. The van der Waals surface area contributed by atoms with Gasteiger partial charge in [-0.3, -0.25) is 20.4 Å². The van der Waals surface area contributed by atoms with Crippen LogP contribution in [-0.2, 0) is 16.0 Å². The first-order valence-corrected chi connectivity index (χ1v) is 9.89. The molecule has 0 saturated heterocycles. The third-order valence-corrected chi connectivity index (χ3v) is 5.02. The van der Waals surface area contributed by atoms with Gasteiger partial charge >= 0.3 is 0 Å². The zero-order chi connectivity index (χ0) is 20.9. The summed E-state index contributed by atoms with van der Waals surface area (Å²) in [6.45, 7) is 1.64. The summed E-state index contributed by atoms with van der Waals surface area (Å²) in [7, 11) is 0. The predicted octanol–water partition coefficient (Wildman–Crippen LogP) is 3.87. The first-order valence-electron chi connectivity index (χ1n) is 9.89. The number of H-pyrrole nitrogens is 1. The topological polar surface area (TPSA) is 83.2 Å². The first kappa shape index (κ1) is 19.5. The molecule has 152 valence electrons. The highest BCUT2D eigenvalue weighted by Gasteiger charge is 2.16. The van der Waals surface area contributed by atoms with E-state index >= 15 is 0 Å². The molecule has 0 aliphatic carbocycles. The van der Waals surface area contributed by atoms with Crippen LogP contribution in [0.1, 0.15) is 18.9 Å². The number of aromatic amines is 1. The fraction of sp³-hybridized carbons (Fsp3) is 0.167. The van der Waals surface area contributed by atoms with Gasteiger partial charge in [-0.2, -0.15) is 0 Å². The van der Waals surface area contributed by atoms with Gasteiger partial charge in [0.2, 0.25) is 5.91 Å². The number of hydrazine groups is 1. The van der Waals surface area contributed by atoms with Crippen molar-refractivity contribution in [3.8, 4) is 5.75 Å². The van der Waals surface area contributed by atoms with E-state index < -0.39 is 12.0 Å². The first-order chi connectivity index (χ1) is 14.6. The van der Waals surface area contributed by atoms with Crippen molar-refractivity contribution in [1.82, 2.24) is 15.8 Å². The van der Waals surface area contributed by atoms with Crippen LogP contribution in [0.25, 0.3) is 21.7 Å².